The highest BCUT2D eigenvalue weighted by Gasteiger charge is 2.10. The third-order valence-electron chi connectivity index (χ3n) is 2.40. The number of fused-ring (bicyclic) bond motifs is 1. The van der Waals surface area contributed by atoms with Crippen molar-refractivity contribution in [2.24, 2.45) is 0 Å². The van der Waals surface area contributed by atoms with E-state index in [-0.39, 0.29) is 5.91 Å². The number of nitrogens with zero attached hydrogens (tertiary/aromatic N) is 1. The Kier molecular flexibility index (Phi) is 3.01. The van der Waals surface area contributed by atoms with Crippen LogP contribution in [0.3, 0.4) is 0 Å². The van der Waals surface area contributed by atoms with Crippen LogP contribution in [0.15, 0.2) is 24.3 Å². The van der Waals surface area contributed by atoms with Gasteiger partial charge in [-0.05, 0) is 18.2 Å². The SMILES string of the molecule is COc1ccc2cc(C(=O)NN(C)C)[nH]c2c1. The van der Waals surface area contributed by atoms with Gasteiger partial charge in [0, 0.05) is 31.1 Å². The minimum atomic E-state index is -0.162. The van der Waals surface area contributed by atoms with Crippen LogP contribution in [0, 0.1) is 0 Å². The van der Waals surface area contributed by atoms with Gasteiger partial charge in [-0.25, -0.2) is 5.01 Å². The van der Waals surface area contributed by atoms with E-state index >= 15 is 0 Å². The minimum Gasteiger partial charge on any atom is -0.497 e. The van der Waals surface area contributed by atoms with E-state index in [0.717, 1.165) is 16.7 Å². The number of ether oxygens (including phenoxy) is 1. The van der Waals surface area contributed by atoms with E-state index in [1.54, 1.807) is 26.2 Å². The highest BCUT2D eigenvalue weighted by atomic mass is 16.5. The van der Waals surface area contributed by atoms with Crippen LogP contribution < -0.4 is 10.2 Å². The first kappa shape index (κ1) is 11.5. The summed E-state index contributed by atoms with van der Waals surface area (Å²) in [6, 6.07) is 7.45. The second-order valence-electron chi connectivity index (χ2n) is 3.97. The van der Waals surface area contributed by atoms with Gasteiger partial charge in [-0.15, -0.1) is 0 Å². The van der Waals surface area contributed by atoms with Crippen LogP contribution in [-0.2, 0) is 0 Å². The Morgan fingerprint density at radius 3 is 2.76 bits per heavy atom. The van der Waals surface area contributed by atoms with Crippen molar-refractivity contribution in [3.63, 3.8) is 0 Å². The summed E-state index contributed by atoms with van der Waals surface area (Å²) in [7, 11) is 5.15. The lowest BCUT2D eigenvalue weighted by atomic mass is 10.2. The number of hydrogen-bond donors (Lipinski definition) is 2. The number of aromatic nitrogens is 1. The summed E-state index contributed by atoms with van der Waals surface area (Å²) < 4.78 is 5.13. The summed E-state index contributed by atoms with van der Waals surface area (Å²) in [6.45, 7) is 0. The predicted molar refractivity (Wildman–Crippen MR) is 66.0 cm³/mol. The van der Waals surface area contributed by atoms with Crippen LogP contribution in [0.25, 0.3) is 10.9 Å². The summed E-state index contributed by atoms with van der Waals surface area (Å²) in [4.78, 5) is 14.8. The van der Waals surface area contributed by atoms with Crippen molar-refractivity contribution in [2.75, 3.05) is 21.2 Å². The highest BCUT2D eigenvalue weighted by Crippen LogP contribution is 2.21. The molecule has 0 atom stereocenters. The molecule has 1 heterocycles. The monoisotopic (exact) mass is 233 g/mol. The largest absolute Gasteiger partial charge is 0.497 e. The number of amides is 1. The molecular weight excluding hydrogens is 218 g/mol. The fourth-order valence-electron chi connectivity index (χ4n) is 1.62. The third kappa shape index (κ3) is 2.39. The molecule has 0 unspecified atom stereocenters. The zero-order valence-electron chi connectivity index (χ0n) is 10.1. The summed E-state index contributed by atoms with van der Waals surface area (Å²) in [6.07, 6.45) is 0. The zero-order valence-corrected chi connectivity index (χ0v) is 10.1. The minimum absolute atomic E-state index is 0.162. The smallest absolute Gasteiger partial charge is 0.281 e. The molecule has 0 saturated carbocycles. The fourth-order valence-corrected chi connectivity index (χ4v) is 1.62. The first-order chi connectivity index (χ1) is 8.10. The number of methoxy groups -OCH3 is 1. The number of hydrogen-bond acceptors (Lipinski definition) is 3. The Hall–Kier alpha value is -2.01. The molecule has 5 heteroatoms. The maximum absolute atomic E-state index is 11.8. The summed E-state index contributed by atoms with van der Waals surface area (Å²) in [5.74, 6) is 0.601. The van der Waals surface area contributed by atoms with Crippen molar-refractivity contribution in [3.05, 3.63) is 30.0 Å². The van der Waals surface area contributed by atoms with Crippen LogP contribution in [0.5, 0.6) is 5.75 Å². The van der Waals surface area contributed by atoms with Gasteiger partial charge in [0.05, 0.1) is 7.11 Å². The molecule has 1 amide bonds. The molecule has 90 valence electrons. The number of benzene rings is 1. The van der Waals surface area contributed by atoms with Gasteiger partial charge in [0.2, 0.25) is 0 Å². The molecule has 0 aliphatic carbocycles. The molecule has 0 saturated heterocycles. The fraction of sp³-hybridized carbons (Fsp3) is 0.250. The van der Waals surface area contributed by atoms with E-state index in [2.05, 4.69) is 10.4 Å². The number of carbonyl (C=O) groups excluding carboxylic acids is 1. The van der Waals surface area contributed by atoms with Gasteiger partial charge >= 0.3 is 0 Å². The van der Waals surface area contributed by atoms with Gasteiger partial charge in [0.1, 0.15) is 11.4 Å². The van der Waals surface area contributed by atoms with E-state index in [0.29, 0.717) is 5.69 Å². The second-order valence-corrected chi connectivity index (χ2v) is 3.97. The van der Waals surface area contributed by atoms with E-state index < -0.39 is 0 Å². The van der Waals surface area contributed by atoms with Crippen LogP contribution >= 0.6 is 0 Å². The number of H-pyrrole nitrogens is 1. The first-order valence-electron chi connectivity index (χ1n) is 5.25. The molecule has 5 nitrogen and oxygen atoms in total. The Morgan fingerprint density at radius 1 is 1.35 bits per heavy atom. The Morgan fingerprint density at radius 2 is 2.12 bits per heavy atom. The van der Waals surface area contributed by atoms with Crippen LogP contribution in [0.1, 0.15) is 10.5 Å². The lowest BCUT2D eigenvalue weighted by Gasteiger charge is -2.10. The van der Waals surface area contributed by atoms with E-state index in [9.17, 15) is 4.79 Å². The molecule has 0 bridgehead atoms. The molecule has 17 heavy (non-hydrogen) atoms. The van der Waals surface area contributed by atoms with E-state index in [4.69, 9.17) is 4.74 Å². The quantitative estimate of drug-likeness (QED) is 0.787. The number of nitrogens with one attached hydrogen (secondary N) is 2. The first-order valence-corrected chi connectivity index (χ1v) is 5.25. The molecule has 0 spiro atoms. The molecule has 1 aromatic heterocycles. The molecular formula is C12H15N3O2. The molecule has 0 aliphatic heterocycles. The van der Waals surface area contributed by atoms with Crippen molar-refractivity contribution in [3.8, 4) is 5.75 Å². The van der Waals surface area contributed by atoms with Crippen molar-refractivity contribution in [2.45, 2.75) is 0 Å². The third-order valence-corrected chi connectivity index (χ3v) is 2.40. The zero-order chi connectivity index (χ0) is 12.4. The lowest BCUT2D eigenvalue weighted by Crippen LogP contribution is -2.36. The van der Waals surface area contributed by atoms with Gasteiger partial charge in [0.25, 0.3) is 5.91 Å². The topological polar surface area (TPSA) is 57.4 Å². The van der Waals surface area contributed by atoms with Crippen LogP contribution in [0.2, 0.25) is 0 Å². The summed E-state index contributed by atoms with van der Waals surface area (Å²) in [5, 5.41) is 2.59. The molecule has 0 aliphatic rings. The van der Waals surface area contributed by atoms with Gasteiger partial charge in [-0.1, -0.05) is 0 Å². The normalized spacial score (nSPS) is 10.8. The highest BCUT2D eigenvalue weighted by molar-refractivity contribution is 5.97. The molecule has 0 radical (unpaired) electrons. The van der Waals surface area contributed by atoms with Gasteiger partial charge in [0.15, 0.2) is 0 Å². The molecule has 2 aromatic rings. The molecule has 2 N–H and O–H groups in total. The average Bonchev–Trinajstić information content (AvgIpc) is 2.70. The second kappa shape index (κ2) is 4.47. The number of aromatic amines is 1. The number of hydrazine groups is 1. The molecule has 0 fully saturated rings. The predicted octanol–water partition coefficient (Wildman–Crippen LogP) is 1.38. The summed E-state index contributed by atoms with van der Waals surface area (Å²) in [5.41, 5.74) is 4.09. The maximum Gasteiger partial charge on any atom is 0.281 e. The Labute approximate surface area is 99.3 Å². The van der Waals surface area contributed by atoms with Crippen LogP contribution in [0.4, 0.5) is 0 Å². The van der Waals surface area contributed by atoms with Crippen molar-refractivity contribution in [1.82, 2.24) is 15.4 Å². The maximum atomic E-state index is 11.8. The van der Waals surface area contributed by atoms with Gasteiger partial charge in [-0.2, -0.15) is 0 Å². The molecule has 1 aromatic carbocycles. The Balaban J connectivity index is 2.34. The van der Waals surface area contributed by atoms with Crippen molar-refractivity contribution in [1.29, 1.82) is 0 Å². The van der Waals surface area contributed by atoms with E-state index in [1.165, 1.54) is 0 Å². The standard InChI is InChI=1S/C12H15N3O2/c1-15(2)14-12(16)11-6-8-4-5-9(17-3)7-10(8)13-11/h4-7,13H,1-3H3,(H,14,16). The molecule has 2 rings (SSSR count). The van der Waals surface area contributed by atoms with Gasteiger partial charge in [-0.3, -0.25) is 10.2 Å². The average molecular weight is 233 g/mol. The van der Waals surface area contributed by atoms with Crippen LogP contribution in [-0.4, -0.2) is 37.1 Å². The summed E-state index contributed by atoms with van der Waals surface area (Å²) >= 11 is 0. The van der Waals surface area contributed by atoms with Crippen molar-refractivity contribution < 1.29 is 9.53 Å². The van der Waals surface area contributed by atoms with Crippen molar-refractivity contribution >= 4 is 16.8 Å². The number of rotatable bonds is 3. The lowest BCUT2D eigenvalue weighted by molar-refractivity contribution is 0.0852. The number of carbonyl (C=O) groups is 1. The Bertz CT molecular complexity index is 546. The van der Waals surface area contributed by atoms with Gasteiger partial charge < -0.3 is 9.72 Å². The van der Waals surface area contributed by atoms with E-state index in [1.807, 2.05) is 24.3 Å².